The summed E-state index contributed by atoms with van der Waals surface area (Å²) >= 11 is 0. The van der Waals surface area contributed by atoms with Gasteiger partial charge in [0.1, 0.15) is 5.75 Å². The maximum absolute atomic E-state index is 12.0. The number of amides is 1. The summed E-state index contributed by atoms with van der Waals surface area (Å²) in [6, 6.07) is 7.85. The molecule has 5 heteroatoms. The van der Waals surface area contributed by atoms with Gasteiger partial charge < -0.3 is 19.5 Å². The molecule has 3 rings (SSSR count). The van der Waals surface area contributed by atoms with Crippen molar-refractivity contribution in [3.63, 3.8) is 0 Å². The Kier molecular flexibility index (Phi) is 4.95. The molecule has 1 aromatic rings. The number of hydrogen-bond acceptors (Lipinski definition) is 4. The first-order valence-corrected chi connectivity index (χ1v) is 7.93. The first kappa shape index (κ1) is 15.3. The number of carbonyl (C=O) groups is 1. The Morgan fingerprint density at radius 2 is 2.00 bits per heavy atom. The molecule has 1 heterocycles. The average molecular weight is 305 g/mol. The second-order valence-corrected chi connectivity index (χ2v) is 5.95. The number of benzene rings is 1. The van der Waals surface area contributed by atoms with Crippen molar-refractivity contribution in [1.82, 2.24) is 5.32 Å². The second-order valence-electron chi connectivity index (χ2n) is 5.95. The molecular weight excluding hydrogens is 282 g/mol. The van der Waals surface area contributed by atoms with Crippen LogP contribution in [0.3, 0.4) is 0 Å². The number of nitrogens with one attached hydrogen (secondary N) is 1. The van der Waals surface area contributed by atoms with E-state index in [2.05, 4.69) is 5.32 Å². The lowest BCUT2D eigenvalue weighted by atomic mass is 9.89. The zero-order valence-electron chi connectivity index (χ0n) is 12.9. The molecule has 1 saturated carbocycles. The zero-order valence-corrected chi connectivity index (χ0v) is 12.9. The van der Waals surface area contributed by atoms with Gasteiger partial charge in [-0.15, -0.1) is 0 Å². The molecule has 1 amide bonds. The molecule has 1 N–H and O–H groups in total. The lowest BCUT2D eigenvalue weighted by molar-refractivity contribution is -0.158. The van der Waals surface area contributed by atoms with Gasteiger partial charge in [0.15, 0.2) is 6.61 Å². The van der Waals surface area contributed by atoms with Crippen molar-refractivity contribution >= 4 is 5.91 Å². The number of rotatable bonds is 4. The van der Waals surface area contributed by atoms with Gasteiger partial charge in [0, 0.05) is 6.04 Å². The van der Waals surface area contributed by atoms with Crippen molar-refractivity contribution in [2.45, 2.75) is 44.4 Å². The highest BCUT2D eigenvalue weighted by Gasteiger charge is 2.34. The van der Waals surface area contributed by atoms with Crippen LogP contribution in [0.25, 0.3) is 0 Å². The molecule has 3 unspecified atom stereocenters. The van der Waals surface area contributed by atoms with Crippen LogP contribution < -0.4 is 10.1 Å². The average Bonchev–Trinajstić information content (AvgIpc) is 2.54. The van der Waals surface area contributed by atoms with Crippen molar-refractivity contribution < 1.29 is 19.0 Å². The molecule has 0 aromatic heterocycles. The van der Waals surface area contributed by atoms with E-state index in [0.717, 1.165) is 30.6 Å². The highest BCUT2D eigenvalue weighted by Crippen LogP contribution is 2.26. The molecule has 1 aliphatic heterocycles. The lowest BCUT2D eigenvalue weighted by Crippen LogP contribution is -2.50. The number of hydrogen-bond donors (Lipinski definition) is 1. The van der Waals surface area contributed by atoms with Crippen LogP contribution in [0, 0.1) is 6.92 Å². The van der Waals surface area contributed by atoms with E-state index < -0.39 is 0 Å². The van der Waals surface area contributed by atoms with Crippen molar-refractivity contribution in [2.75, 3.05) is 19.8 Å². The van der Waals surface area contributed by atoms with Crippen molar-refractivity contribution in [2.24, 2.45) is 0 Å². The third-order valence-electron chi connectivity index (χ3n) is 4.30. The summed E-state index contributed by atoms with van der Waals surface area (Å²) in [5, 5.41) is 3.04. The van der Waals surface area contributed by atoms with Crippen molar-refractivity contribution in [1.29, 1.82) is 0 Å². The molecule has 3 atom stereocenters. The fourth-order valence-electron chi connectivity index (χ4n) is 3.13. The minimum Gasteiger partial charge on any atom is -0.484 e. The van der Waals surface area contributed by atoms with Crippen molar-refractivity contribution in [3.05, 3.63) is 29.8 Å². The molecule has 2 fully saturated rings. The summed E-state index contributed by atoms with van der Waals surface area (Å²) < 4.78 is 17.0. The van der Waals surface area contributed by atoms with Gasteiger partial charge in [-0.05, 0) is 37.8 Å². The first-order valence-electron chi connectivity index (χ1n) is 7.93. The predicted octanol–water partition coefficient (Wildman–Crippen LogP) is 1.83. The molecule has 1 saturated heterocycles. The molecule has 1 aromatic carbocycles. The molecule has 2 aliphatic rings. The van der Waals surface area contributed by atoms with Crippen LogP contribution in [-0.4, -0.2) is 44.0 Å². The van der Waals surface area contributed by atoms with Gasteiger partial charge in [-0.1, -0.05) is 18.2 Å². The summed E-state index contributed by atoms with van der Waals surface area (Å²) in [6.45, 7) is 3.35. The Labute approximate surface area is 130 Å². The Morgan fingerprint density at radius 1 is 1.23 bits per heavy atom. The minimum atomic E-state index is -0.0802. The van der Waals surface area contributed by atoms with E-state index in [0.29, 0.717) is 13.2 Å². The quantitative estimate of drug-likeness (QED) is 0.922. The van der Waals surface area contributed by atoms with Crippen LogP contribution in [0.1, 0.15) is 24.8 Å². The Balaban J connectivity index is 1.45. The smallest absolute Gasteiger partial charge is 0.258 e. The van der Waals surface area contributed by atoms with E-state index in [1.165, 1.54) is 0 Å². The third kappa shape index (κ3) is 3.78. The van der Waals surface area contributed by atoms with Crippen molar-refractivity contribution in [3.8, 4) is 5.75 Å². The van der Waals surface area contributed by atoms with E-state index >= 15 is 0 Å². The fraction of sp³-hybridized carbons (Fsp3) is 0.588. The van der Waals surface area contributed by atoms with E-state index in [4.69, 9.17) is 14.2 Å². The second kappa shape index (κ2) is 7.11. The van der Waals surface area contributed by atoms with Gasteiger partial charge in [-0.2, -0.15) is 0 Å². The molecule has 0 bridgehead atoms. The van der Waals surface area contributed by atoms with Gasteiger partial charge in [-0.25, -0.2) is 0 Å². The fourth-order valence-corrected chi connectivity index (χ4v) is 3.13. The topological polar surface area (TPSA) is 56.8 Å². The summed E-state index contributed by atoms with van der Waals surface area (Å²) in [5.74, 6) is 0.675. The maximum atomic E-state index is 12.0. The van der Waals surface area contributed by atoms with Crippen LogP contribution in [0.15, 0.2) is 24.3 Å². The Bertz CT molecular complexity index is 519. The van der Waals surface area contributed by atoms with Crippen LogP contribution in [-0.2, 0) is 14.3 Å². The SMILES string of the molecule is Cc1ccccc1OCC(=O)NC1CCC2OCCOC2C1. The van der Waals surface area contributed by atoms with E-state index in [-0.39, 0.29) is 30.8 Å². The maximum Gasteiger partial charge on any atom is 0.258 e. The van der Waals surface area contributed by atoms with Gasteiger partial charge >= 0.3 is 0 Å². The number of ether oxygens (including phenoxy) is 3. The van der Waals surface area contributed by atoms with E-state index in [1.807, 2.05) is 31.2 Å². The van der Waals surface area contributed by atoms with Gasteiger partial charge in [0.05, 0.1) is 25.4 Å². The monoisotopic (exact) mass is 305 g/mol. The summed E-state index contributed by atoms with van der Waals surface area (Å²) in [6.07, 6.45) is 3.01. The van der Waals surface area contributed by atoms with E-state index in [1.54, 1.807) is 0 Å². The Hall–Kier alpha value is -1.59. The summed E-state index contributed by atoms with van der Waals surface area (Å²) in [4.78, 5) is 12.0. The molecule has 1 aliphatic carbocycles. The predicted molar refractivity (Wildman–Crippen MR) is 81.9 cm³/mol. The number of fused-ring (bicyclic) bond motifs is 1. The molecule has 0 spiro atoms. The lowest BCUT2D eigenvalue weighted by Gasteiger charge is -2.39. The van der Waals surface area contributed by atoms with E-state index in [9.17, 15) is 4.79 Å². The first-order chi connectivity index (χ1) is 10.7. The standard InChI is InChI=1S/C17H23NO4/c1-12-4-2-3-5-14(12)22-11-17(19)18-13-6-7-15-16(10-13)21-9-8-20-15/h2-5,13,15-16H,6-11H2,1H3,(H,18,19). The molecule has 120 valence electrons. The molecule has 0 radical (unpaired) electrons. The van der Waals surface area contributed by atoms with Gasteiger partial charge in [0.2, 0.25) is 0 Å². The Morgan fingerprint density at radius 3 is 2.82 bits per heavy atom. The molecule has 22 heavy (non-hydrogen) atoms. The normalized spacial score (nSPS) is 27.8. The highest BCUT2D eigenvalue weighted by atomic mass is 16.6. The zero-order chi connectivity index (χ0) is 15.4. The minimum absolute atomic E-state index is 0.0484. The molecule has 5 nitrogen and oxygen atoms in total. The third-order valence-corrected chi connectivity index (χ3v) is 4.30. The highest BCUT2D eigenvalue weighted by molar-refractivity contribution is 5.77. The van der Waals surface area contributed by atoms with Crippen LogP contribution in [0.5, 0.6) is 5.75 Å². The number of aryl methyl sites for hydroxylation is 1. The number of para-hydroxylation sites is 1. The number of carbonyl (C=O) groups excluding carboxylic acids is 1. The van der Waals surface area contributed by atoms with Crippen LogP contribution in [0.4, 0.5) is 0 Å². The summed E-state index contributed by atoms with van der Waals surface area (Å²) in [5.41, 5.74) is 1.03. The largest absolute Gasteiger partial charge is 0.484 e. The van der Waals surface area contributed by atoms with Gasteiger partial charge in [-0.3, -0.25) is 4.79 Å². The van der Waals surface area contributed by atoms with Crippen LogP contribution >= 0.6 is 0 Å². The molecular formula is C17H23NO4. The van der Waals surface area contributed by atoms with Gasteiger partial charge in [0.25, 0.3) is 5.91 Å². The summed E-state index contributed by atoms with van der Waals surface area (Å²) in [7, 11) is 0. The van der Waals surface area contributed by atoms with Crippen LogP contribution in [0.2, 0.25) is 0 Å².